The second kappa shape index (κ2) is 22.9. The summed E-state index contributed by atoms with van der Waals surface area (Å²) in [6.45, 7) is 3.63. The highest BCUT2D eigenvalue weighted by Crippen LogP contribution is 2.39. The van der Waals surface area contributed by atoms with E-state index in [4.69, 9.17) is 26.8 Å². The molecule has 25 heteroatoms. The molecule has 0 radical (unpaired) electrons. The predicted molar refractivity (Wildman–Crippen MR) is 261 cm³/mol. The van der Waals surface area contributed by atoms with Gasteiger partial charge in [-0.15, -0.1) is 0 Å². The van der Waals surface area contributed by atoms with Crippen molar-refractivity contribution in [2.45, 2.75) is 36.5 Å². The van der Waals surface area contributed by atoms with Gasteiger partial charge in [-0.1, -0.05) is 47.3 Å². The third-order valence-corrected chi connectivity index (χ3v) is 11.3. The molecule has 0 bridgehead atoms. The molecule has 0 aliphatic rings. The number of fused-ring (bicyclic) bond motifs is 2. The predicted octanol–water partition coefficient (Wildman–Crippen LogP) is 11.1. The summed E-state index contributed by atoms with van der Waals surface area (Å²) in [5, 5.41) is 9.69. The molecule has 368 valence electrons. The molecule has 4 aromatic carbocycles. The first kappa shape index (κ1) is 52.8. The van der Waals surface area contributed by atoms with Crippen molar-refractivity contribution in [3.05, 3.63) is 136 Å². The van der Waals surface area contributed by atoms with Crippen LogP contribution in [0.2, 0.25) is 5.15 Å². The summed E-state index contributed by atoms with van der Waals surface area (Å²) in [5.41, 5.74) is 9.25. The van der Waals surface area contributed by atoms with E-state index in [-0.39, 0.29) is 34.0 Å². The Morgan fingerprint density at radius 3 is 1.59 bits per heavy atom. The van der Waals surface area contributed by atoms with Crippen molar-refractivity contribution in [3.8, 4) is 11.5 Å². The number of aryl methyl sites for hydroxylation is 2. The van der Waals surface area contributed by atoms with Crippen molar-refractivity contribution >= 4 is 97.6 Å². The number of nitrogens with two attached hydrogens (primary N) is 1. The number of nitrogen functional groups attached to an aromatic ring is 1. The third kappa shape index (κ3) is 13.4. The lowest BCUT2D eigenvalue weighted by Gasteiger charge is -2.15. The van der Waals surface area contributed by atoms with Crippen molar-refractivity contribution in [1.82, 2.24) is 39.9 Å². The van der Waals surface area contributed by atoms with E-state index in [2.05, 4.69) is 55.8 Å². The summed E-state index contributed by atoms with van der Waals surface area (Å²) in [5.74, 6) is -1.34. The van der Waals surface area contributed by atoms with Gasteiger partial charge in [-0.3, -0.25) is 9.59 Å². The number of benzene rings is 4. The van der Waals surface area contributed by atoms with Gasteiger partial charge in [-0.05, 0) is 98.1 Å². The molecule has 0 saturated heterocycles. The highest BCUT2D eigenvalue weighted by molar-refractivity contribution is 7.98. The van der Waals surface area contributed by atoms with E-state index in [0.717, 1.165) is 49.6 Å². The Bertz CT molecular complexity index is 3250. The maximum atomic E-state index is 13.3. The SMILES string of the molecule is COc1ccc(NC(=O)c2ccc(C)c(N)c2)cc1C(F)(F)F.COc1ccc(NC(=O)c2ccc(C)c(Nc3ncnc4cnc(SC)nc34)c2)cc1C(F)(F)F.CSc1ncc2ncnc(Cl)c2n1. The molecule has 0 unspecified atom stereocenters. The second-order valence-electron chi connectivity index (χ2n) is 14.5. The smallest absolute Gasteiger partial charge is 0.420 e. The molecule has 5 N–H and O–H groups in total. The van der Waals surface area contributed by atoms with E-state index in [9.17, 15) is 35.9 Å². The summed E-state index contributed by atoms with van der Waals surface area (Å²) in [7, 11) is 2.30. The Balaban J connectivity index is 0.000000195. The average Bonchev–Trinajstić information content (AvgIpc) is 3.35. The van der Waals surface area contributed by atoms with Gasteiger partial charge in [0, 0.05) is 33.9 Å². The van der Waals surface area contributed by atoms with Crippen molar-refractivity contribution in [2.75, 3.05) is 48.4 Å². The monoisotopic (exact) mass is 1040 g/mol. The van der Waals surface area contributed by atoms with Crippen molar-refractivity contribution < 1.29 is 45.4 Å². The highest BCUT2D eigenvalue weighted by Gasteiger charge is 2.36. The number of nitrogens with zero attached hydrogens (tertiary/aromatic N) is 8. The largest absolute Gasteiger partial charge is 0.496 e. The van der Waals surface area contributed by atoms with E-state index in [1.165, 1.54) is 54.4 Å². The number of methoxy groups -OCH3 is 2. The molecule has 4 aromatic heterocycles. The van der Waals surface area contributed by atoms with Crippen LogP contribution in [0, 0.1) is 13.8 Å². The Kier molecular flexibility index (Phi) is 17.0. The molecule has 8 aromatic rings. The number of nitrogens with one attached hydrogen (secondary N) is 3. The number of carbonyl (C=O) groups is 2. The van der Waals surface area contributed by atoms with Crippen LogP contribution in [0.15, 0.2) is 108 Å². The lowest BCUT2D eigenvalue weighted by atomic mass is 10.1. The lowest BCUT2D eigenvalue weighted by Crippen LogP contribution is -2.14. The van der Waals surface area contributed by atoms with E-state index in [0.29, 0.717) is 54.7 Å². The molecule has 0 fully saturated rings. The minimum absolute atomic E-state index is 0.0127. The van der Waals surface area contributed by atoms with Crippen LogP contribution in [0.5, 0.6) is 11.5 Å². The number of ether oxygens (including phenoxy) is 2. The molecule has 8 rings (SSSR count). The highest BCUT2D eigenvalue weighted by atomic mass is 35.5. The van der Waals surface area contributed by atoms with E-state index in [1.807, 2.05) is 19.4 Å². The molecule has 71 heavy (non-hydrogen) atoms. The van der Waals surface area contributed by atoms with Crippen LogP contribution in [-0.4, -0.2) is 78.4 Å². The number of hydrogen-bond acceptors (Lipinski definition) is 16. The van der Waals surface area contributed by atoms with Crippen LogP contribution in [0.3, 0.4) is 0 Å². The number of alkyl halides is 6. The summed E-state index contributed by atoms with van der Waals surface area (Å²) in [4.78, 5) is 58.1. The summed E-state index contributed by atoms with van der Waals surface area (Å²) < 4.78 is 88.3. The summed E-state index contributed by atoms with van der Waals surface area (Å²) in [6.07, 6.45) is 0.550. The maximum Gasteiger partial charge on any atom is 0.420 e. The van der Waals surface area contributed by atoms with E-state index < -0.39 is 35.3 Å². The topological polar surface area (TPSA) is 218 Å². The molecule has 16 nitrogen and oxygen atoms in total. The van der Waals surface area contributed by atoms with Gasteiger partial charge in [0.25, 0.3) is 11.8 Å². The minimum atomic E-state index is -4.63. The first-order chi connectivity index (χ1) is 33.7. The average molecular weight is 1040 g/mol. The van der Waals surface area contributed by atoms with Gasteiger partial charge in [0.2, 0.25) is 0 Å². The Labute approximate surface area is 414 Å². The number of rotatable bonds is 10. The molecular formula is C46H39ClF6N12O4S2. The van der Waals surface area contributed by atoms with Crippen LogP contribution < -0.4 is 31.2 Å². The van der Waals surface area contributed by atoms with Gasteiger partial charge >= 0.3 is 12.4 Å². The van der Waals surface area contributed by atoms with Gasteiger partial charge in [0.15, 0.2) is 21.3 Å². The van der Waals surface area contributed by atoms with Gasteiger partial charge < -0.3 is 31.2 Å². The fourth-order valence-corrected chi connectivity index (χ4v) is 7.03. The van der Waals surface area contributed by atoms with Gasteiger partial charge in [-0.25, -0.2) is 39.9 Å². The first-order valence-electron chi connectivity index (χ1n) is 20.3. The zero-order valence-corrected chi connectivity index (χ0v) is 40.4. The third-order valence-electron chi connectivity index (χ3n) is 9.85. The second-order valence-corrected chi connectivity index (χ2v) is 16.4. The first-order valence-corrected chi connectivity index (χ1v) is 23.1. The van der Waals surface area contributed by atoms with Gasteiger partial charge in [-0.2, -0.15) is 26.3 Å². The number of anilines is 5. The normalized spacial score (nSPS) is 11.2. The Hall–Kier alpha value is -7.57. The lowest BCUT2D eigenvalue weighted by molar-refractivity contribution is -0.139. The van der Waals surface area contributed by atoms with Crippen LogP contribution in [-0.2, 0) is 12.4 Å². The maximum absolute atomic E-state index is 13.3. The van der Waals surface area contributed by atoms with Crippen LogP contribution in [0.4, 0.5) is 54.9 Å². The van der Waals surface area contributed by atoms with E-state index >= 15 is 0 Å². The van der Waals surface area contributed by atoms with Gasteiger partial charge in [0.05, 0.1) is 37.7 Å². The van der Waals surface area contributed by atoms with Crippen LogP contribution in [0.1, 0.15) is 43.0 Å². The fraction of sp³-hybridized carbons (Fsp3) is 0.174. The number of amides is 2. The molecule has 4 heterocycles. The molecular weight excluding hydrogens is 998 g/mol. The Morgan fingerprint density at radius 1 is 0.620 bits per heavy atom. The Morgan fingerprint density at radius 2 is 1.10 bits per heavy atom. The standard InChI is InChI=1S/C23H19F3N6O2S.C16H15F3N2O2.C7H5ClN4S/c1-12-4-5-13(21(33)30-14-6-7-18(34-2)15(9-14)23(24,25)26)8-16(12)31-20-19-17(28-11-29-20)10-27-22(32-19)35-3;1-9-3-4-10(7-13(9)20)15(22)21-11-5-6-14(23-2)12(8-11)16(17,18)19;1-13-7-9-2-4-5(12-7)6(8)11-3-10-4/h4-11H,1-3H3,(H,30,33)(H,28,29,31);3-8H,20H2,1-2H3,(H,21,22);2-3H,1H3. The summed E-state index contributed by atoms with van der Waals surface area (Å²) in [6, 6.07) is 16.2. The van der Waals surface area contributed by atoms with Crippen molar-refractivity contribution in [3.63, 3.8) is 0 Å². The van der Waals surface area contributed by atoms with Crippen molar-refractivity contribution in [1.29, 1.82) is 0 Å². The summed E-state index contributed by atoms with van der Waals surface area (Å²) >= 11 is 8.67. The molecule has 0 saturated carbocycles. The number of thioether (sulfide) groups is 2. The number of carbonyl (C=O) groups excluding carboxylic acids is 2. The molecule has 0 spiro atoms. The van der Waals surface area contributed by atoms with E-state index in [1.54, 1.807) is 49.6 Å². The quantitative estimate of drug-likeness (QED) is 0.0329. The number of aromatic nitrogens is 8. The fourth-order valence-electron chi connectivity index (χ4n) is 6.16. The molecule has 2 amide bonds. The number of hydrogen-bond donors (Lipinski definition) is 4. The molecule has 0 aliphatic heterocycles. The van der Waals surface area contributed by atoms with Gasteiger partial charge in [0.1, 0.15) is 46.2 Å². The zero-order valence-electron chi connectivity index (χ0n) is 38.0. The zero-order chi connectivity index (χ0) is 51.6. The molecule has 0 aliphatic carbocycles. The number of halogens is 7. The van der Waals surface area contributed by atoms with Crippen molar-refractivity contribution in [2.24, 2.45) is 0 Å². The molecule has 0 atom stereocenters. The van der Waals surface area contributed by atoms with Crippen LogP contribution >= 0.6 is 35.1 Å². The minimum Gasteiger partial charge on any atom is -0.496 e. The van der Waals surface area contributed by atoms with Crippen LogP contribution in [0.25, 0.3) is 22.1 Å².